The molecule has 0 aromatic carbocycles. The van der Waals surface area contributed by atoms with E-state index in [1.54, 1.807) is 0 Å². The maximum absolute atomic E-state index is 6.24. The number of ether oxygens (including phenoxy) is 1. The summed E-state index contributed by atoms with van der Waals surface area (Å²) in [6, 6.07) is 0. The van der Waals surface area contributed by atoms with E-state index in [1.807, 2.05) is 0 Å². The maximum Gasteiger partial charge on any atom is 0.0689 e. The lowest BCUT2D eigenvalue weighted by atomic mass is 9.64. The Morgan fingerprint density at radius 3 is 2.69 bits per heavy atom. The van der Waals surface area contributed by atoms with Gasteiger partial charge in [0.05, 0.1) is 12.2 Å². The largest absolute Gasteiger partial charge is 0.374 e. The van der Waals surface area contributed by atoms with Gasteiger partial charge in [-0.25, -0.2) is 0 Å². The van der Waals surface area contributed by atoms with E-state index >= 15 is 0 Å². The number of rotatable bonds is 0. The zero-order valence-corrected chi connectivity index (χ0v) is 10.9. The first-order chi connectivity index (χ1) is 7.51. The Hall–Kier alpha value is -0.0400. The fourth-order valence-corrected chi connectivity index (χ4v) is 6.31. The minimum absolute atomic E-state index is 0.240. The second-order valence-corrected chi connectivity index (χ2v) is 7.63. The topological polar surface area (TPSA) is 9.23 Å². The number of fused-ring (bicyclic) bond motifs is 1. The van der Waals surface area contributed by atoms with Crippen LogP contribution in [-0.2, 0) is 4.74 Å². The fraction of sp³-hybridized carbons (Fsp3) is 1.00. The smallest absolute Gasteiger partial charge is 0.0689 e. The highest BCUT2D eigenvalue weighted by molar-refractivity contribution is 5.21. The molecular weight excluding hydrogens is 196 g/mol. The molecule has 0 unspecified atom stereocenters. The lowest BCUT2D eigenvalue weighted by molar-refractivity contribution is -0.0727. The second-order valence-electron chi connectivity index (χ2n) is 7.63. The zero-order valence-electron chi connectivity index (χ0n) is 10.9. The van der Waals surface area contributed by atoms with Crippen LogP contribution in [-0.4, -0.2) is 12.2 Å². The Morgan fingerprint density at radius 2 is 1.88 bits per heavy atom. The minimum atomic E-state index is 0.240. The number of hydrogen-bond donors (Lipinski definition) is 0. The summed E-state index contributed by atoms with van der Waals surface area (Å²) in [4.78, 5) is 0. The molecule has 1 saturated heterocycles. The zero-order chi connectivity index (χ0) is 11.2. The molecule has 0 aromatic heterocycles. The molecule has 0 radical (unpaired) electrons. The minimum Gasteiger partial charge on any atom is -0.374 e. The van der Waals surface area contributed by atoms with Crippen LogP contribution in [0.15, 0.2) is 0 Å². The van der Waals surface area contributed by atoms with E-state index in [9.17, 15) is 0 Å². The molecule has 3 saturated carbocycles. The highest BCUT2D eigenvalue weighted by atomic mass is 16.5. The van der Waals surface area contributed by atoms with Crippen LogP contribution in [0, 0.1) is 28.6 Å². The molecule has 0 aromatic rings. The van der Waals surface area contributed by atoms with Gasteiger partial charge < -0.3 is 4.74 Å². The summed E-state index contributed by atoms with van der Waals surface area (Å²) in [6.45, 7) is 8.50. The summed E-state index contributed by atoms with van der Waals surface area (Å²) in [7, 11) is 0. The standard InChI is InChI=1S/C15H24O/c1-10-4-5-11-13(2)9-16-14(3)6-7-15(10,11)8-12(13)14/h10-12H,4-9H2,1-3H3/t10-,11+,12-,13+,14-,15+/m1/s1. The van der Waals surface area contributed by atoms with Crippen molar-refractivity contribution >= 4 is 0 Å². The van der Waals surface area contributed by atoms with E-state index in [0.29, 0.717) is 5.41 Å². The average Bonchev–Trinajstić information content (AvgIpc) is 2.77. The molecule has 1 nitrogen and oxygen atoms in total. The van der Waals surface area contributed by atoms with Crippen molar-refractivity contribution in [2.75, 3.05) is 6.61 Å². The van der Waals surface area contributed by atoms with Crippen LogP contribution >= 0.6 is 0 Å². The molecule has 2 bridgehead atoms. The summed E-state index contributed by atoms with van der Waals surface area (Å²) in [6.07, 6.45) is 7.21. The van der Waals surface area contributed by atoms with Crippen LogP contribution in [0.25, 0.3) is 0 Å². The third-order valence-corrected chi connectivity index (χ3v) is 7.28. The van der Waals surface area contributed by atoms with Crippen LogP contribution in [0.4, 0.5) is 0 Å². The molecule has 3 aliphatic carbocycles. The average molecular weight is 220 g/mol. The van der Waals surface area contributed by atoms with Gasteiger partial charge in [-0.15, -0.1) is 0 Å². The summed E-state index contributed by atoms with van der Waals surface area (Å²) in [5, 5.41) is 0. The normalized spacial score (nSPS) is 67.3. The van der Waals surface area contributed by atoms with Crippen LogP contribution in [0.2, 0.25) is 0 Å². The van der Waals surface area contributed by atoms with Gasteiger partial charge in [0.25, 0.3) is 0 Å². The molecule has 1 aliphatic heterocycles. The predicted octanol–water partition coefficient (Wildman–Crippen LogP) is 3.63. The van der Waals surface area contributed by atoms with Gasteiger partial charge in [-0.2, -0.15) is 0 Å². The van der Waals surface area contributed by atoms with Gasteiger partial charge in [-0.05, 0) is 67.6 Å². The summed E-state index contributed by atoms with van der Waals surface area (Å²) in [5.74, 6) is 2.82. The molecule has 4 aliphatic rings. The maximum atomic E-state index is 6.24. The highest BCUT2D eigenvalue weighted by Gasteiger charge is 2.72. The molecule has 90 valence electrons. The van der Waals surface area contributed by atoms with E-state index in [-0.39, 0.29) is 5.60 Å². The van der Waals surface area contributed by atoms with Crippen molar-refractivity contribution in [2.24, 2.45) is 28.6 Å². The monoisotopic (exact) mass is 220 g/mol. The van der Waals surface area contributed by atoms with Crippen molar-refractivity contribution in [2.45, 2.75) is 58.5 Å². The van der Waals surface area contributed by atoms with Gasteiger partial charge in [-0.1, -0.05) is 13.8 Å². The third kappa shape index (κ3) is 0.805. The van der Waals surface area contributed by atoms with Crippen LogP contribution in [0.5, 0.6) is 0 Å². The summed E-state index contributed by atoms with van der Waals surface area (Å²) >= 11 is 0. The first-order valence-electron chi connectivity index (χ1n) is 7.15. The van der Waals surface area contributed by atoms with E-state index in [1.165, 1.54) is 32.1 Å². The van der Waals surface area contributed by atoms with E-state index in [0.717, 1.165) is 29.8 Å². The molecule has 0 N–H and O–H groups in total. The molecule has 1 spiro atoms. The Kier molecular flexibility index (Phi) is 1.57. The molecule has 4 fully saturated rings. The molecule has 0 amide bonds. The molecule has 16 heavy (non-hydrogen) atoms. The van der Waals surface area contributed by atoms with Crippen LogP contribution < -0.4 is 0 Å². The van der Waals surface area contributed by atoms with Crippen LogP contribution in [0.3, 0.4) is 0 Å². The first kappa shape index (κ1) is 9.94. The predicted molar refractivity (Wildman–Crippen MR) is 64.1 cm³/mol. The highest BCUT2D eigenvalue weighted by Crippen LogP contribution is 2.76. The lowest BCUT2D eigenvalue weighted by Gasteiger charge is -2.44. The van der Waals surface area contributed by atoms with Crippen LogP contribution in [0.1, 0.15) is 52.9 Å². The Labute approximate surface area is 98.9 Å². The molecular formula is C15H24O. The lowest BCUT2D eigenvalue weighted by Crippen LogP contribution is -2.41. The summed E-state index contributed by atoms with van der Waals surface area (Å²) in [5.41, 5.74) is 1.49. The Balaban J connectivity index is 1.87. The van der Waals surface area contributed by atoms with Crippen molar-refractivity contribution < 1.29 is 4.74 Å². The van der Waals surface area contributed by atoms with Crippen molar-refractivity contribution in [3.05, 3.63) is 0 Å². The van der Waals surface area contributed by atoms with Crippen molar-refractivity contribution in [3.8, 4) is 0 Å². The van der Waals surface area contributed by atoms with E-state index in [4.69, 9.17) is 4.74 Å². The SMILES string of the molecule is C[C@@H]1CC[C@H]2[C@]3(C)CO[C@]4(C)CC[C@]12C[C@H]34. The number of hydrogen-bond acceptors (Lipinski definition) is 1. The van der Waals surface area contributed by atoms with Crippen molar-refractivity contribution in [1.29, 1.82) is 0 Å². The van der Waals surface area contributed by atoms with Crippen molar-refractivity contribution in [1.82, 2.24) is 0 Å². The van der Waals surface area contributed by atoms with E-state index in [2.05, 4.69) is 20.8 Å². The second kappa shape index (κ2) is 2.53. The summed E-state index contributed by atoms with van der Waals surface area (Å²) < 4.78 is 6.24. The van der Waals surface area contributed by atoms with Gasteiger partial charge in [0.15, 0.2) is 0 Å². The van der Waals surface area contributed by atoms with Gasteiger partial charge in [0, 0.05) is 0 Å². The molecule has 1 heteroatoms. The van der Waals surface area contributed by atoms with Gasteiger partial charge in [0.1, 0.15) is 0 Å². The van der Waals surface area contributed by atoms with Gasteiger partial charge in [0.2, 0.25) is 0 Å². The van der Waals surface area contributed by atoms with Crippen molar-refractivity contribution in [3.63, 3.8) is 0 Å². The molecule has 6 atom stereocenters. The first-order valence-corrected chi connectivity index (χ1v) is 7.15. The quantitative estimate of drug-likeness (QED) is 0.606. The van der Waals surface area contributed by atoms with Gasteiger partial charge >= 0.3 is 0 Å². The fourth-order valence-electron chi connectivity index (χ4n) is 6.31. The molecule has 4 rings (SSSR count). The van der Waals surface area contributed by atoms with E-state index < -0.39 is 0 Å². The Bertz CT molecular complexity index is 351. The third-order valence-electron chi connectivity index (χ3n) is 7.28. The van der Waals surface area contributed by atoms with Gasteiger partial charge in [-0.3, -0.25) is 0 Å². The Morgan fingerprint density at radius 1 is 1.06 bits per heavy atom. The molecule has 1 heterocycles.